The SMILES string of the molecule is CC(c1cc(C2c3ccccc3-c3ccccc32)cc(-n2c3ccccc3c3ccccc32)c1)c1cc(-n2c3ccccc3c3ccccc32)cc(-n2c3ccccc3c3ccccc32)c1. The smallest absolute Gasteiger partial charge is 0.0541 e. The van der Waals surface area contributed by atoms with Crippen LogP contribution in [0.1, 0.15) is 46.6 Å². The summed E-state index contributed by atoms with van der Waals surface area (Å²) in [6.07, 6.45) is 0. The molecule has 66 heavy (non-hydrogen) atoms. The van der Waals surface area contributed by atoms with E-state index >= 15 is 0 Å². The molecule has 0 spiro atoms. The summed E-state index contributed by atoms with van der Waals surface area (Å²) in [5.41, 5.74) is 19.9. The van der Waals surface area contributed by atoms with Crippen molar-refractivity contribution >= 4 is 65.4 Å². The highest BCUT2D eigenvalue weighted by Gasteiger charge is 2.31. The van der Waals surface area contributed by atoms with Crippen LogP contribution < -0.4 is 0 Å². The molecule has 310 valence electrons. The van der Waals surface area contributed by atoms with E-state index in [1.54, 1.807) is 0 Å². The molecule has 0 aliphatic heterocycles. The van der Waals surface area contributed by atoms with Crippen molar-refractivity contribution in [2.75, 3.05) is 0 Å². The van der Waals surface area contributed by atoms with Crippen molar-refractivity contribution < 1.29 is 0 Å². The molecule has 14 rings (SSSR count). The van der Waals surface area contributed by atoms with Crippen molar-refractivity contribution in [1.82, 2.24) is 13.7 Å². The third kappa shape index (κ3) is 5.38. The van der Waals surface area contributed by atoms with Gasteiger partial charge >= 0.3 is 0 Å². The summed E-state index contributed by atoms with van der Waals surface area (Å²) in [5.74, 6) is 0.108. The van der Waals surface area contributed by atoms with E-state index in [0.29, 0.717) is 0 Å². The Kier molecular flexibility index (Phi) is 8.02. The quantitative estimate of drug-likeness (QED) is 0.158. The molecule has 3 heteroatoms. The Morgan fingerprint density at radius 3 is 0.955 bits per heavy atom. The number of hydrogen-bond acceptors (Lipinski definition) is 0. The largest absolute Gasteiger partial charge is 0.309 e. The summed E-state index contributed by atoms with van der Waals surface area (Å²) in [6.45, 7) is 2.41. The van der Waals surface area contributed by atoms with Crippen LogP contribution >= 0.6 is 0 Å². The van der Waals surface area contributed by atoms with E-state index in [4.69, 9.17) is 0 Å². The summed E-state index contributed by atoms with van der Waals surface area (Å²) < 4.78 is 7.45. The number of aromatic nitrogens is 3. The third-order valence-electron chi connectivity index (χ3n) is 14.6. The van der Waals surface area contributed by atoms with E-state index in [1.807, 2.05) is 0 Å². The van der Waals surface area contributed by atoms with Crippen LogP contribution in [0.15, 0.2) is 231 Å². The van der Waals surface area contributed by atoms with Gasteiger partial charge < -0.3 is 13.7 Å². The Balaban J connectivity index is 1.05. The molecule has 3 aromatic heterocycles. The lowest BCUT2D eigenvalue weighted by Crippen LogP contribution is -2.07. The lowest BCUT2D eigenvalue weighted by molar-refractivity contribution is 0.899. The van der Waals surface area contributed by atoms with Gasteiger partial charge in [0.05, 0.1) is 33.1 Å². The molecule has 1 aliphatic carbocycles. The topological polar surface area (TPSA) is 14.8 Å². The Morgan fingerprint density at radius 1 is 0.303 bits per heavy atom. The average Bonchev–Trinajstić information content (AvgIpc) is 4.11. The van der Waals surface area contributed by atoms with Gasteiger partial charge in [0.1, 0.15) is 0 Å². The number of para-hydroxylation sites is 6. The van der Waals surface area contributed by atoms with E-state index in [1.165, 1.54) is 110 Å². The zero-order chi connectivity index (χ0) is 43.5. The van der Waals surface area contributed by atoms with Crippen molar-refractivity contribution in [3.05, 3.63) is 258 Å². The standard InChI is InChI=1S/C63H43N3/c1-40(41-34-43(63-55-26-4-2-18-47(55)48-19-3-5-27-56(48)63)38-44(35-41)64-57-28-12-6-20-49(57)50-21-7-13-29-58(50)64)42-36-45(65-59-30-14-8-22-51(59)52-23-9-15-31-60(52)65)39-46(37-42)66-61-32-16-10-24-53(61)54-25-11-17-33-62(54)66/h2-40,63H,1H3. The molecule has 3 heterocycles. The van der Waals surface area contributed by atoms with Gasteiger partial charge in [-0.15, -0.1) is 0 Å². The van der Waals surface area contributed by atoms with Gasteiger partial charge in [-0.25, -0.2) is 0 Å². The van der Waals surface area contributed by atoms with Crippen molar-refractivity contribution in [2.45, 2.75) is 18.8 Å². The molecular weight excluding hydrogens is 799 g/mol. The summed E-state index contributed by atoms with van der Waals surface area (Å²) >= 11 is 0. The Hall–Kier alpha value is -8.40. The van der Waals surface area contributed by atoms with Crippen LogP contribution in [0.3, 0.4) is 0 Å². The monoisotopic (exact) mass is 841 g/mol. The first kappa shape index (κ1) is 37.0. The van der Waals surface area contributed by atoms with Crippen LogP contribution in [0, 0.1) is 0 Å². The molecule has 0 saturated heterocycles. The molecular formula is C63H43N3. The van der Waals surface area contributed by atoms with E-state index in [2.05, 4.69) is 251 Å². The zero-order valence-electron chi connectivity index (χ0n) is 36.4. The fourth-order valence-corrected chi connectivity index (χ4v) is 11.6. The Bertz CT molecular complexity index is 3760. The van der Waals surface area contributed by atoms with Crippen LogP contribution in [0.25, 0.3) is 93.6 Å². The molecule has 1 aliphatic rings. The maximum atomic E-state index is 2.51. The maximum absolute atomic E-state index is 2.51. The maximum Gasteiger partial charge on any atom is 0.0541 e. The summed E-state index contributed by atoms with van der Waals surface area (Å²) in [7, 11) is 0. The van der Waals surface area contributed by atoms with Gasteiger partial charge in [0.2, 0.25) is 0 Å². The third-order valence-corrected chi connectivity index (χ3v) is 14.6. The first-order valence-electron chi connectivity index (χ1n) is 23.1. The van der Waals surface area contributed by atoms with Gasteiger partial charge in [-0.2, -0.15) is 0 Å². The second-order valence-corrected chi connectivity index (χ2v) is 18.1. The van der Waals surface area contributed by atoms with Crippen molar-refractivity contribution in [3.63, 3.8) is 0 Å². The van der Waals surface area contributed by atoms with E-state index < -0.39 is 0 Å². The highest BCUT2D eigenvalue weighted by Crippen LogP contribution is 2.49. The Labute approximate surface area is 382 Å². The van der Waals surface area contributed by atoms with Gasteiger partial charge in [0.15, 0.2) is 0 Å². The molecule has 1 unspecified atom stereocenters. The van der Waals surface area contributed by atoms with Crippen molar-refractivity contribution in [3.8, 4) is 28.2 Å². The molecule has 3 nitrogen and oxygen atoms in total. The lowest BCUT2D eigenvalue weighted by Gasteiger charge is -2.23. The summed E-state index contributed by atoms with van der Waals surface area (Å²) in [5, 5.41) is 7.55. The molecule has 0 fully saturated rings. The minimum absolute atomic E-state index is 0.0172. The van der Waals surface area contributed by atoms with Crippen molar-refractivity contribution in [1.29, 1.82) is 0 Å². The van der Waals surface area contributed by atoms with E-state index in [9.17, 15) is 0 Å². The van der Waals surface area contributed by atoms with E-state index in [0.717, 1.165) is 11.4 Å². The van der Waals surface area contributed by atoms with Crippen LogP contribution in [0.5, 0.6) is 0 Å². The van der Waals surface area contributed by atoms with Crippen molar-refractivity contribution in [2.24, 2.45) is 0 Å². The first-order chi connectivity index (χ1) is 32.7. The molecule has 10 aromatic carbocycles. The molecule has 0 amide bonds. The van der Waals surface area contributed by atoms with E-state index in [-0.39, 0.29) is 11.8 Å². The van der Waals surface area contributed by atoms with Gasteiger partial charge in [0, 0.05) is 61.2 Å². The molecule has 1 atom stereocenters. The predicted molar refractivity (Wildman–Crippen MR) is 276 cm³/mol. The number of fused-ring (bicyclic) bond motifs is 12. The number of rotatable bonds is 6. The second kappa shape index (κ2) is 14.3. The number of nitrogens with zero attached hydrogens (tertiary/aromatic N) is 3. The van der Waals surface area contributed by atoms with Gasteiger partial charge in [-0.05, 0) is 106 Å². The highest BCUT2D eigenvalue weighted by atomic mass is 15.0. The zero-order valence-corrected chi connectivity index (χ0v) is 36.4. The van der Waals surface area contributed by atoms with Gasteiger partial charge in [-0.1, -0.05) is 171 Å². The molecule has 13 aromatic rings. The van der Waals surface area contributed by atoms with Gasteiger partial charge in [-0.3, -0.25) is 0 Å². The Morgan fingerprint density at radius 2 is 0.591 bits per heavy atom. The van der Waals surface area contributed by atoms with Gasteiger partial charge in [0.25, 0.3) is 0 Å². The van der Waals surface area contributed by atoms with Crippen LogP contribution in [0.4, 0.5) is 0 Å². The fraction of sp³-hybridized carbons (Fsp3) is 0.0476. The first-order valence-corrected chi connectivity index (χ1v) is 23.1. The average molecular weight is 842 g/mol. The number of benzene rings is 10. The summed E-state index contributed by atoms with van der Waals surface area (Å²) in [6, 6.07) is 85.9. The molecule has 0 saturated carbocycles. The minimum Gasteiger partial charge on any atom is -0.309 e. The molecule has 0 N–H and O–H groups in total. The molecule has 0 radical (unpaired) electrons. The van der Waals surface area contributed by atoms with Crippen LogP contribution in [-0.4, -0.2) is 13.7 Å². The summed E-state index contributed by atoms with van der Waals surface area (Å²) in [4.78, 5) is 0. The van der Waals surface area contributed by atoms with Crippen LogP contribution in [-0.2, 0) is 0 Å². The van der Waals surface area contributed by atoms with Crippen LogP contribution in [0.2, 0.25) is 0 Å². The molecule has 0 bridgehead atoms. The highest BCUT2D eigenvalue weighted by molar-refractivity contribution is 6.11. The lowest BCUT2D eigenvalue weighted by atomic mass is 9.84. The predicted octanol–water partition coefficient (Wildman–Crippen LogP) is 16.3. The second-order valence-electron chi connectivity index (χ2n) is 18.1. The minimum atomic E-state index is 0.0172. The number of hydrogen-bond donors (Lipinski definition) is 0. The normalized spacial score (nSPS) is 13.1. The fourth-order valence-electron chi connectivity index (χ4n) is 11.6.